The molecular formula is C23H32N4O2. The van der Waals surface area contributed by atoms with Gasteiger partial charge in [0.15, 0.2) is 5.96 Å². The molecule has 2 aromatic carbocycles. The Bertz CT molecular complexity index is 788. The van der Waals surface area contributed by atoms with Crippen LogP contribution in [0.3, 0.4) is 0 Å². The second-order valence-corrected chi connectivity index (χ2v) is 7.11. The van der Waals surface area contributed by atoms with E-state index < -0.39 is 0 Å². The zero-order chi connectivity index (χ0) is 20.3. The molecule has 6 heteroatoms. The Hall–Kier alpha value is -2.57. The van der Waals surface area contributed by atoms with E-state index in [1.54, 1.807) is 7.11 Å². The van der Waals surface area contributed by atoms with Gasteiger partial charge in [0, 0.05) is 32.7 Å². The maximum atomic E-state index is 5.44. The van der Waals surface area contributed by atoms with Gasteiger partial charge < -0.3 is 20.1 Å². The predicted molar refractivity (Wildman–Crippen MR) is 117 cm³/mol. The number of nitrogens with one attached hydrogen (secondary N) is 2. The molecule has 3 rings (SSSR count). The third kappa shape index (κ3) is 7.07. The van der Waals surface area contributed by atoms with Crippen LogP contribution in [0.4, 0.5) is 0 Å². The average Bonchev–Trinajstić information content (AvgIpc) is 2.77. The van der Waals surface area contributed by atoms with Gasteiger partial charge in [0.2, 0.25) is 0 Å². The first-order chi connectivity index (χ1) is 14.3. The van der Waals surface area contributed by atoms with Crippen molar-refractivity contribution in [1.82, 2.24) is 15.5 Å². The lowest BCUT2D eigenvalue weighted by Gasteiger charge is -2.26. The first kappa shape index (κ1) is 21.1. The zero-order valence-electron chi connectivity index (χ0n) is 17.5. The van der Waals surface area contributed by atoms with Gasteiger partial charge in [0.05, 0.1) is 26.9 Å². The third-order valence-corrected chi connectivity index (χ3v) is 4.86. The van der Waals surface area contributed by atoms with Gasteiger partial charge in [-0.15, -0.1) is 0 Å². The highest BCUT2D eigenvalue weighted by Crippen LogP contribution is 2.13. The van der Waals surface area contributed by atoms with Gasteiger partial charge in [0.25, 0.3) is 0 Å². The average molecular weight is 397 g/mol. The lowest BCUT2D eigenvalue weighted by Crippen LogP contribution is -2.36. The van der Waals surface area contributed by atoms with E-state index in [4.69, 9.17) is 14.5 Å². The Morgan fingerprint density at radius 2 is 1.79 bits per heavy atom. The van der Waals surface area contributed by atoms with Crippen molar-refractivity contribution in [2.24, 2.45) is 4.99 Å². The summed E-state index contributed by atoms with van der Waals surface area (Å²) in [6, 6.07) is 16.8. The molecular weight excluding hydrogens is 364 g/mol. The van der Waals surface area contributed by atoms with E-state index in [-0.39, 0.29) is 0 Å². The van der Waals surface area contributed by atoms with Gasteiger partial charge in [-0.05, 0) is 35.7 Å². The Kier molecular flexibility index (Phi) is 8.34. The smallest absolute Gasteiger partial charge is 0.191 e. The van der Waals surface area contributed by atoms with Crippen LogP contribution in [0.5, 0.6) is 5.75 Å². The van der Waals surface area contributed by atoms with Crippen LogP contribution >= 0.6 is 0 Å². The highest BCUT2D eigenvalue weighted by atomic mass is 16.5. The SMILES string of the molecule is CCNC(=NCc1cccc(CN2CCOCC2)c1)NCc1cccc(OC)c1. The van der Waals surface area contributed by atoms with Crippen LogP contribution in [0, 0.1) is 0 Å². The van der Waals surface area contributed by atoms with Crippen LogP contribution in [-0.2, 0) is 24.4 Å². The Labute approximate surface area is 173 Å². The molecule has 0 radical (unpaired) electrons. The number of hydrogen-bond donors (Lipinski definition) is 2. The molecule has 156 valence electrons. The van der Waals surface area contributed by atoms with E-state index >= 15 is 0 Å². The molecule has 29 heavy (non-hydrogen) atoms. The summed E-state index contributed by atoms with van der Waals surface area (Å²) in [4.78, 5) is 7.20. The van der Waals surface area contributed by atoms with Crippen LogP contribution in [0.2, 0.25) is 0 Å². The van der Waals surface area contributed by atoms with Crippen LogP contribution < -0.4 is 15.4 Å². The van der Waals surface area contributed by atoms with E-state index in [1.165, 1.54) is 11.1 Å². The van der Waals surface area contributed by atoms with Gasteiger partial charge in [-0.25, -0.2) is 4.99 Å². The van der Waals surface area contributed by atoms with Crippen LogP contribution in [0.15, 0.2) is 53.5 Å². The molecule has 0 unspecified atom stereocenters. The minimum Gasteiger partial charge on any atom is -0.497 e. The molecule has 1 aliphatic rings. The van der Waals surface area contributed by atoms with E-state index in [9.17, 15) is 0 Å². The number of benzene rings is 2. The monoisotopic (exact) mass is 396 g/mol. The highest BCUT2D eigenvalue weighted by Gasteiger charge is 2.10. The number of ether oxygens (including phenoxy) is 2. The summed E-state index contributed by atoms with van der Waals surface area (Å²) in [6.07, 6.45) is 0. The first-order valence-electron chi connectivity index (χ1n) is 10.3. The minimum absolute atomic E-state index is 0.643. The molecule has 1 heterocycles. The summed E-state index contributed by atoms with van der Waals surface area (Å²) >= 11 is 0. The molecule has 0 bridgehead atoms. The molecule has 2 N–H and O–H groups in total. The standard InChI is InChI=1S/C23H32N4O2/c1-3-24-23(26-17-20-7-5-9-22(15-20)28-2)25-16-19-6-4-8-21(14-19)18-27-10-12-29-13-11-27/h4-9,14-15H,3,10-13,16-18H2,1-2H3,(H2,24,25,26). The lowest BCUT2D eigenvalue weighted by molar-refractivity contribution is 0.0342. The number of aliphatic imine (C=N–C) groups is 1. The molecule has 0 aliphatic carbocycles. The van der Waals surface area contributed by atoms with Gasteiger partial charge >= 0.3 is 0 Å². The minimum atomic E-state index is 0.643. The third-order valence-electron chi connectivity index (χ3n) is 4.86. The Balaban J connectivity index is 1.58. The largest absolute Gasteiger partial charge is 0.497 e. The second kappa shape index (κ2) is 11.4. The van der Waals surface area contributed by atoms with Crippen molar-refractivity contribution in [2.75, 3.05) is 40.0 Å². The van der Waals surface area contributed by atoms with Gasteiger partial charge in [-0.2, -0.15) is 0 Å². The number of morpholine rings is 1. The molecule has 0 aromatic heterocycles. The molecule has 1 saturated heterocycles. The number of rotatable bonds is 8. The summed E-state index contributed by atoms with van der Waals surface area (Å²) in [5.74, 6) is 1.68. The first-order valence-corrected chi connectivity index (χ1v) is 10.3. The van der Waals surface area contributed by atoms with Crippen molar-refractivity contribution in [3.8, 4) is 5.75 Å². The summed E-state index contributed by atoms with van der Waals surface area (Å²) in [5, 5.41) is 6.72. The van der Waals surface area contributed by atoms with E-state index in [0.717, 1.165) is 56.7 Å². The second-order valence-electron chi connectivity index (χ2n) is 7.11. The van der Waals surface area contributed by atoms with Crippen molar-refractivity contribution in [3.63, 3.8) is 0 Å². The van der Waals surface area contributed by atoms with Gasteiger partial charge in [-0.1, -0.05) is 36.4 Å². The molecule has 1 aliphatic heterocycles. The quantitative estimate of drug-likeness (QED) is 0.531. The molecule has 0 atom stereocenters. The maximum absolute atomic E-state index is 5.44. The summed E-state index contributed by atoms with van der Waals surface area (Å²) < 4.78 is 10.7. The Morgan fingerprint density at radius 1 is 1.03 bits per heavy atom. The molecule has 0 amide bonds. The van der Waals surface area contributed by atoms with Crippen LogP contribution in [0.1, 0.15) is 23.6 Å². The van der Waals surface area contributed by atoms with E-state index in [2.05, 4.69) is 52.8 Å². The zero-order valence-corrected chi connectivity index (χ0v) is 17.5. The van der Waals surface area contributed by atoms with Crippen molar-refractivity contribution in [3.05, 3.63) is 65.2 Å². The fourth-order valence-electron chi connectivity index (χ4n) is 3.32. The van der Waals surface area contributed by atoms with Crippen LogP contribution in [0.25, 0.3) is 0 Å². The van der Waals surface area contributed by atoms with Crippen molar-refractivity contribution in [2.45, 2.75) is 26.6 Å². The predicted octanol–water partition coefficient (Wildman–Crippen LogP) is 2.78. The lowest BCUT2D eigenvalue weighted by atomic mass is 10.1. The van der Waals surface area contributed by atoms with Gasteiger partial charge in [0.1, 0.15) is 5.75 Å². The summed E-state index contributed by atoms with van der Waals surface area (Å²) in [6.45, 7) is 8.86. The normalized spacial score (nSPS) is 15.2. The molecule has 0 saturated carbocycles. The number of methoxy groups -OCH3 is 1. The highest BCUT2D eigenvalue weighted by molar-refractivity contribution is 5.79. The summed E-state index contributed by atoms with van der Waals surface area (Å²) in [5.41, 5.74) is 3.70. The Morgan fingerprint density at radius 3 is 2.59 bits per heavy atom. The molecule has 1 fully saturated rings. The number of nitrogens with zero attached hydrogens (tertiary/aromatic N) is 2. The van der Waals surface area contributed by atoms with Crippen molar-refractivity contribution >= 4 is 5.96 Å². The molecule has 0 spiro atoms. The van der Waals surface area contributed by atoms with Crippen molar-refractivity contribution < 1.29 is 9.47 Å². The fourth-order valence-corrected chi connectivity index (χ4v) is 3.32. The van der Waals surface area contributed by atoms with Crippen LogP contribution in [-0.4, -0.2) is 50.8 Å². The number of guanidine groups is 1. The van der Waals surface area contributed by atoms with E-state index in [1.807, 2.05) is 18.2 Å². The number of hydrogen-bond acceptors (Lipinski definition) is 4. The molecule has 2 aromatic rings. The van der Waals surface area contributed by atoms with E-state index in [0.29, 0.717) is 13.1 Å². The molecule has 6 nitrogen and oxygen atoms in total. The fraction of sp³-hybridized carbons (Fsp3) is 0.435. The van der Waals surface area contributed by atoms with Gasteiger partial charge in [-0.3, -0.25) is 4.90 Å². The summed E-state index contributed by atoms with van der Waals surface area (Å²) in [7, 11) is 1.69. The maximum Gasteiger partial charge on any atom is 0.191 e. The van der Waals surface area contributed by atoms with Crippen molar-refractivity contribution in [1.29, 1.82) is 0 Å². The topological polar surface area (TPSA) is 58.1 Å².